The van der Waals surface area contributed by atoms with Gasteiger partial charge in [0, 0.05) is 19.4 Å². The number of para-hydroxylation sites is 1. The van der Waals surface area contributed by atoms with Gasteiger partial charge in [-0.25, -0.2) is 4.98 Å². The van der Waals surface area contributed by atoms with Gasteiger partial charge in [-0.3, -0.25) is 9.36 Å². The molecule has 2 aromatic rings. The highest BCUT2D eigenvalue weighted by Gasteiger charge is 2.19. The summed E-state index contributed by atoms with van der Waals surface area (Å²) in [5, 5.41) is 19.4. The molecule has 1 aliphatic rings. The first-order chi connectivity index (χ1) is 10.2. The molecule has 0 spiro atoms. The Labute approximate surface area is 122 Å². The molecule has 1 aliphatic heterocycles. The molecule has 21 heavy (non-hydrogen) atoms. The number of aromatic nitrogens is 2. The quantitative estimate of drug-likeness (QED) is 0.893. The molecule has 5 heteroatoms. The zero-order valence-corrected chi connectivity index (χ0v) is 11.7. The number of hydrogen-bond acceptors (Lipinski definition) is 4. The molecule has 0 bridgehead atoms. The first-order valence-electron chi connectivity index (χ1n) is 7.20. The van der Waals surface area contributed by atoms with Crippen LogP contribution in [0.3, 0.4) is 0 Å². The Hall–Kier alpha value is -2.14. The van der Waals surface area contributed by atoms with Crippen LogP contribution in [0.5, 0.6) is 5.75 Å². The number of hydrogen-bond donors (Lipinski definition) is 2. The zero-order chi connectivity index (χ0) is 14.8. The van der Waals surface area contributed by atoms with Gasteiger partial charge in [-0.15, -0.1) is 0 Å². The van der Waals surface area contributed by atoms with Crippen molar-refractivity contribution in [3.8, 4) is 5.75 Å². The highest BCUT2D eigenvalue weighted by molar-refractivity contribution is 5.36. The number of rotatable bonds is 3. The van der Waals surface area contributed by atoms with Crippen LogP contribution < -0.4 is 5.56 Å². The predicted octanol–water partition coefficient (Wildman–Crippen LogP) is 1.37. The summed E-state index contributed by atoms with van der Waals surface area (Å²) in [6.45, 7) is 0.347. The summed E-state index contributed by atoms with van der Waals surface area (Å²) in [6.07, 6.45) is 3.14. The van der Waals surface area contributed by atoms with Crippen molar-refractivity contribution in [3.63, 3.8) is 0 Å². The minimum absolute atomic E-state index is 0.146. The van der Waals surface area contributed by atoms with Crippen LogP contribution in [0.25, 0.3) is 0 Å². The Morgan fingerprint density at radius 1 is 1.24 bits per heavy atom. The second-order valence-electron chi connectivity index (χ2n) is 5.33. The van der Waals surface area contributed by atoms with E-state index in [1.807, 2.05) is 6.07 Å². The van der Waals surface area contributed by atoms with E-state index >= 15 is 0 Å². The van der Waals surface area contributed by atoms with Crippen LogP contribution in [-0.2, 0) is 26.0 Å². The lowest BCUT2D eigenvalue weighted by molar-refractivity contribution is 0.276. The molecule has 0 radical (unpaired) electrons. The van der Waals surface area contributed by atoms with Crippen LogP contribution in [0.4, 0.5) is 0 Å². The van der Waals surface area contributed by atoms with Crippen molar-refractivity contribution in [2.45, 2.75) is 38.8 Å². The lowest BCUT2D eigenvalue weighted by Gasteiger charge is -2.20. The summed E-state index contributed by atoms with van der Waals surface area (Å²) in [7, 11) is 0. The number of aromatic hydroxyl groups is 1. The average Bonchev–Trinajstić information content (AvgIpc) is 2.50. The summed E-state index contributed by atoms with van der Waals surface area (Å²) in [4.78, 5) is 17.0. The van der Waals surface area contributed by atoms with Gasteiger partial charge in [-0.2, -0.15) is 0 Å². The number of benzene rings is 1. The van der Waals surface area contributed by atoms with Gasteiger partial charge in [0.15, 0.2) is 0 Å². The Morgan fingerprint density at radius 3 is 2.81 bits per heavy atom. The molecule has 0 unspecified atom stereocenters. The molecule has 1 aromatic carbocycles. The van der Waals surface area contributed by atoms with Gasteiger partial charge in [0.1, 0.15) is 11.6 Å². The van der Waals surface area contributed by atoms with E-state index in [9.17, 15) is 15.0 Å². The molecule has 3 rings (SSSR count). The average molecular weight is 286 g/mol. The Morgan fingerprint density at radius 2 is 2.05 bits per heavy atom. The first-order valence-corrected chi connectivity index (χ1v) is 7.20. The maximum atomic E-state index is 12.4. The second-order valence-corrected chi connectivity index (χ2v) is 5.33. The van der Waals surface area contributed by atoms with Gasteiger partial charge in [0.25, 0.3) is 5.56 Å². The number of aryl methyl sites for hydroxylation is 1. The van der Waals surface area contributed by atoms with E-state index in [0.717, 1.165) is 25.1 Å². The molecule has 5 nitrogen and oxygen atoms in total. The van der Waals surface area contributed by atoms with Crippen molar-refractivity contribution in [2.75, 3.05) is 0 Å². The smallest absolute Gasteiger partial charge is 0.259 e. The molecule has 0 saturated heterocycles. The molecular formula is C16H18N2O3. The third kappa shape index (κ3) is 2.56. The molecule has 0 fully saturated rings. The van der Waals surface area contributed by atoms with E-state index in [-0.39, 0.29) is 17.9 Å². The number of nitrogens with zero attached hydrogens (tertiary/aromatic N) is 2. The summed E-state index contributed by atoms with van der Waals surface area (Å²) >= 11 is 0. The fraction of sp³-hybridized carbons (Fsp3) is 0.375. The van der Waals surface area contributed by atoms with Crippen LogP contribution in [-0.4, -0.2) is 19.8 Å². The molecule has 2 N–H and O–H groups in total. The monoisotopic (exact) mass is 286 g/mol. The van der Waals surface area contributed by atoms with Crippen molar-refractivity contribution in [1.82, 2.24) is 9.55 Å². The first kappa shape index (κ1) is 13.8. The fourth-order valence-electron chi connectivity index (χ4n) is 2.81. The van der Waals surface area contributed by atoms with Crippen molar-refractivity contribution < 1.29 is 10.2 Å². The number of phenolic OH excluding ortho intramolecular Hbond substituents is 1. The van der Waals surface area contributed by atoms with Crippen LogP contribution in [0.1, 0.15) is 35.5 Å². The fourth-order valence-corrected chi connectivity index (χ4v) is 2.81. The summed E-state index contributed by atoms with van der Waals surface area (Å²) < 4.78 is 1.67. The van der Waals surface area contributed by atoms with Gasteiger partial charge in [0.2, 0.25) is 0 Å². The molecule has 0 saturated carbocycles. The Kier molecular flexibility index (Phi) is 3.75. The predicted molar refractivity (Wildman–Crippen MR) is 78.3 cm³/mol. The normalized spacial score (nSPS) is 14.0. The third-order valence-corrected chi connectivity index (χ3v) is 3.97. The minimum Gasteiger partial charge on any atom is -0.508 e. The Bertz CT molecular complexity index is 722. The van der Waals surface area contributed by atoms with Gasteiger partial charge in [0.05, 0.1) is 17.9 Å². The molecule has 2 heterocycles. The summed E-state index contributed by atoms with van der Waals surface area (Å²) in [6, 6.07) is 6.99. The van der Waals surface area contributed by atoms with E-state index in [1.165, 1.54) is 0 Å². The van der Waals surface area contributed by atoms with Crippen LogP contribution in [0, 0.1) is 0 Å². The number of phenols is 1. The maximum absolute atomic E-state index is 12.4. The summed E-state index contributed by atoms with van der Waals surface area (Å²) in [5.41, 5.74) is 1.47. The largest absolute Gasteiger partial charge is 0.508 e. The van der Waals surface area contributed by atoms with Crippen molar-refractivity contribution in [2.24, 2.45) is 0 Å². The standard InChI is InChI=1S/C16H18N2O3/c19-10-12-13(9-11-5-1-2-6-14(11)20)17-15-7-3-4-8-18(15)16(12)21/h1-2,5-6,19-20H,3-4,7-10H2. The van der Waals surface area contributed by atoms with Crippen LogP contribution in [0.2, 0.25) is 0 Å². The van der Waals surface area contributed by atoms with Gasteiger partial charge >= 0.3 is 0 Å². The van der Waals surface area contributed by atoms with Gasteiger partial charge in [-0.05, 0) is 24.5 Å². The van der Waals surface area contributed by atoms with Gasteiger partial charge < -0.3 is 10.2 Å². The molecule has 0 atom stereocenters. The highest BCUT2D eigenvalue weighted by Crippen LogP contribution is 2.21. The summed E-state index contributed by atoms with van der Waals surface area (Å²) in [5.74, 6) is 0.967. The topological polar surface area (TPSA) is 75.3 Å². The minimum atomic E-state index is -0.324. The SMILES string of the molecule is O=c1c(CO)c(Cc2ccccc2O)nc2n1CCCC2. The third-order valence-electron chi connectivity index (χ3n) is 3.97. The highest BCUT2D eigenvalue weighted by atomic mass is 16.3. The van der Waals surface area contributed by atoms with E-state index in [2.05, 4.69) is 4.98 Å². The lowest BCUT2D eigenvalue weighted by atomic mass is 10.0. The van der Waals surface area contributed by atoms with E-state index < -0.39 is 0 Å². The van der Waals surface area contributed by atoms with E-state index in [4.69, 9.17) is 0 Å². The van der Waals surface area contributed by atoms with Crippen molar-refractivity contribution in [3.05, 3.63) is 57.3 Å². The number of fused-ring (bicyclic) bond motifs is 1. The number of aliphatic hydroxyl groups excluding tert-OH is 1. The van der Waals surface area contributed by atoms with Gasteiger partial charge in [-0.1, -0.05) is 18.2 Å². The van der Waals surface area contributed by atoms with Crippen LogP contribution >= 0.6 is 0 Å². The molecule has 110 valence electrons. The molecule has 0 amide bonds. The van der Waals surface area contributed by atoms with E-state index in [0.29, 0.717) is 29.8 Å². The number of aliphatic hydroxyl groups is 1. The molecular weight excluding hydrogens is 268 g/mol. The second kappa shape index (κ2) is 5.69. The van der Waals surface area contributed by atoms with Crippen LogP contribution in [0.15, 0.2) is 29.1 Å². The zero-order valence-electron chi connectivity index (χ0n) is 11.7. The lowest BCUT2D eigenvalue weighted by Crippen LogP contribution is -2.32. The van der Waals surface area contributed by atoms with Crippen molar-refractivity contribution >= 4 is 0 Å². The molecule has 0 aliphatic carbocycles. The van der Waals surface area contributed by atoms with E-state index in [1.54, 1.807) is 22.8 Å². The Balaban J connectivity index is 2.08. The maximum Gasteiger partial charge on any atom is 0.259 e. The molecule has 1 aromatic heterocycles. The van der Waals surface area contributed by atoms with Crippen molar-refractivity contribution in [1.29, 1.82) is 0 Å².